The molecule has 9 heteroatoms. The molecule has 7 nitrogen and oxygen atoms in total. The predicted molar refractivity (Wildman–Crippen MR) is 125 cm³/mol. The van der Waals surface area contributed by atoms with Gasteiger partial charge in [0.2, 0.25) is 11.8 Å². The molecular formula is C23H26ClN5O2S. The predicted octanol–water partition coefficient (Wildman–Crippen LogP) is 3.58. The molecule has 168 valence electrons. The van der Waals surface area contributed by atoms with Gasteiger partial charge in [0.15, 0.2) is 5.13 Å². The number of nitrogens with zero attached hydrogens (tertiary/aromatic N) is 4. The monoisotopic (exact) mass is 471 g/mol. The number of amides is 2. The third kappa shape index (κ3) is 4.16. The van der Waals surface area contributed by atoms with Crippen LogP contribution < -0.4 is 10.2 Å². The highest BCUT2D eigenvalue weighted by atomic mass is 35.5. The number of nitriles is 1. The zero-order chi connectivity index (χ0) is 22.3. The van der Waals surface area contributed by atoms with E-state index < -0.39 is 5.54 Å². The minimum atomic E-state index is -0.685. The van der Waals surface area contributed by atoms with Gasteiger partial charge in [0.25, 0.3) is 0 Å². The van der Waals surface area contributed by atoms with E-state index in [1.165, 1.54) is 0 Å². The van der Waals surface area contributed by atoms with Gasteiger partial charge in [-0.15, -0.1) is 0 Å². The lowest BCUT2D eigenvalue weighted by molar-refractivity contribution is -0.144. The molecule has 3 fully saturated rings. The van der Waals surface area contributed by atoms with E-state index in [0.29, 0.717) is 31.0 Å². The summed E-state index contributed by atoms with van der Waals surface area (Å²) in [6, 6.07) is 7.94. The highest BCUT2D eigenvalue weighted by molar-refractivity contribution is 7.22. The van der Waals surface area contributed by atoms with Crippen LogP contribution in [0.25, 0.3) is 10.2 Å². The van der Waals surface area contributed by atoms with Crippen molar-refractivity contribution in [2.75, 3.05) is 31.1 Å². The van der Waals surface area contributed by atoms with Crippen LogP contribution in [0.5, 0.6) is 0 Å². The molecule has 32 heavy (non-hydrogen) atoms. The summed E-state index contributed by atoms with van der Waals surface area (Å²) in [6.45, 7) is 2.70. The molecule has 0 bridgehead atoms. The Hall–Kier alpha value is -2.37. The minimum Gasteiger partial charge on any atom is -0.345 e. The summed E-state index contributed by atoms with van der Waals surface area (Å²) in [5, 5.41) is 13.9. The molecule has 2 aromatic rings. The molecule has 1 saturated heterocycles. The third-order valence-electron chi connectivity index (χ3n) is 6.95. The standard InChI is InChI=1S/C23H26ClN5O2S/c24-15-5-6-18-19(13-15)32-22(26-18)29-11-9-28(10-12-29)21(31)17-4-2-1-3-16(17)20(30)27-23(14-25)7-8-23/h5-6,13,16-17H,1-4,7-12H2,(H,27,30)/t16-,17-/m1/s1. The van der Waals surface area contributed by atoms with E-state index in [-0.39, 0.29) is 23.7 Å². The Morgan fingerprint density at radius 3 is 2.56 bits per heavy atom. The average molecular weight is 472 g/mol. The fourth-order valence-electron chi connectivity index (χ4n) is 4.83. The van der Waals surface area contributed by atoms with Crippen LogP contribution in [0.3, 0.4) is 0 Å². The van der Waals surface area contributed by atoms with Crippen LogP contribution in [0.1, 0.15) is 38.5 Å². The number of rotatable bonds is 4. The first-order valence-corrected chi connectivity index (χ1v) is 12.5. The fraction of sp³-hybridized carbons (Fsp3) is 0.565. The number of carbonyl (C=O) groups is 2. The van der Waals surface area contributed by atoms with Crippen molar-refractivity contribution in [1.29, 1.82) is 5.26 Å². The first-order valence-electron chi connectivity index (χ1n) is 11.3. The molecule has 2 aliphatic carbocycles. The first-order chi connectivity index (χ1) is 15.5. The molecular weight excluding hydrogens is 446 g/mol. The van der Waals surface area contributed by atoms with E-state index in [1.54, 1.807) is 11.3 Å². The summed E-state index contributed by atoms with van der Waals surface area (Å²) in [6.07, 6.45) is 4.81. The lowest BCUT2D eigenvalue weighted by Gasteiger charge is -2.39. The smallest absolute Gasteiger partial charge is 0.226 e. The molecule has 2 heterocycles. The second-order valence-corrected chi connectivity index (χ2v) is 10.5. The van der Waals surface area contributed by atoms with Crippen molar-refractivity contribution in [1.82, 2.24) is 15.2 Å². The summed E-state index contributed by atoms with van der Waals surface area (Å²) in [4.78, 5) is 35.1. The number of aromatic nitrogens is 1. The van der Waals surface area contributed by atoms with Gasteiger partial charge in [-0.25, -0.2) is 4.98 Å². The summed E-state index contributed by atoms with van der Waals surface area (Å²) in [5.74, 6) is -0.639. The molecule has 1 aromatic carbocycles. The van der Waals surface area contributed by atoms with E-state index in [4.69, 9.17) is 16.6 Å². The molecule has 1 aromatic heterocycles. The van der Waals surface area contributed by atoms with Crippen molar-refractivity contribution in [3.05, 3.63) is 23.2 Å². The lowest BCUT2D eigenvalue weighted by atomic mass is 9.77. The van der Waals surface area contributed by atoms with Crippen molar-refractivity contribution < 1.29 is 9.59 Å². The number of thiazole rings is 1. The van der Waals surface area contributed by atoms with Gasteiger partial charge in [0.1, 0.15) is 5.54 Å². The molecule has 0 spiro atoms. The van der Waals surface area contributed by atoms with Gasteiger partial charge in [-0.2, -0.15) is 5.26 Å². The molecule has 1 N–H and O–H groups in total. The molecule has 1 aliphatic heterocycles. The van der Waals surface area contributed by atoms with Gasteiger partial charge in [0, 0.05) is 43.0 Å². The zero-order valence-corrected chi connectivity index (χ0v) is 19.4. The first kappa shape index (κ1) is 21.5. The number of halogens is 1. The topological polar surface area (TPSA) is 89.3 Å². The van der Waals surface area contributed by atoms with Crippen LogP contribution >= 0.6 is 22.9 Å². The van der Waals surface area contributed by atoms with Gasteiger partial charge < -0.3 is 15.1 Å². The molecule has 3 aliphatic rings. The van der Waals surface area contributed by atoms with Gasteiger partial charge >= 0.3 is 0 Å². The Morgan fingerprint density at radius 2 is 1.88 bits per heavy atom. The van der Waals surface area contributed by atoms with Crippen LogP contribution in [0.4, 0.5) is 5.13 Å². The highest BCUT2D eigenvalue weighted by Crippen LogP contribution is 2.38. The summed E-state index contributed by atoms with van der Waals surface area (Å²) < 4.78 is 1.06. The van der Waals surface area contributed by atoms with Gasteiger partial charge in [-0.1, -0.05) is 35.8 Å². The second-order valence-electron chi connectivity index (χ2n) is 9.10. The zero-order valence-electron chi connectivity index (χ0n) is 17.8. The van der Waals surface area contributed by atoms with Crippen LogP contribution in [0.15, 0.2) is 18.2 Å². The fourth-order valence-corrected chi connectivity index (χ4v) is 6.13. The van der Waals surface area contributed by atoms with E-state index in [0.717, 1.165) is 54.1 Å². The number of piperazine rings is 1. The number of nitrogens with one attached hydrogen (secondary N) is 1. The van der Waals surface area contributed by atoms with Crippen molar-refractivity contribution in [3.8, 4) is 6.07 Å². The number of anilines is 1. The number of fused-ring (bicyclic) bond motifs is 1. The summed E-state index contributed by atoms with van der Waals surface area (Å²) in [7, 11) is 0. The summed E-state index contributed by atoms with van der Waals surface area (Å²) >= 11 is 7.72. The highest BCUT2D eigenvalue weighted by Gasteiger charge is 2.47. The van der Waals surface area contributed by atoms with Crippen molar-refractivity contribution in [2.45, 2.75) is 44.1 Å². The number of carbonyl (C=O) groups excluding carboxylic acids is 2. The van der Waals surface area contributed by atoms with Gasteiger partial charge in [-0.05, 0) is 43.9 Å². The SMILES string of the molecule is N#CC1(NC(=O)[C@@H]2CCCC[C@H]2C(=O)N2CCN(c3nc4ccc(Cl)cc4s3)CC2)CC1. The van der Waals surface area contributed by atoms with Gasteiger partial charge in [0.05, 0.1) is 16.3 Å². The van der Waals surface area contributed by atoms with Crippen LogP contribution in [-0.2, 0) is 9.59 Å². The second kappa shape index (κ2) is 8.53. The lowest BCUT2D eigenvalue weighted by Crippen LogP contribution is -2.53. The Labute approximate surface area is 196 Å². The van der Waals surface area contributed by atoms with Crippen molar-refractivity contribution >= 4 is 50.1 Å². The van der Waals surface area contributed by atoms with Crippen molar-refractivity contribution in [3.63, 3.8) is 0 Å². The van der Waals surface area contributed by atoms with E-state index in [9.17, 15) is 14.9 Å². The largest absolute Gasteiger partial charge is 0.345 e. The Balaban J connectivity index is 1.22. The Kier molecular flexibility index (Phi) is 5.72. The number of benzene rings is 1. The van der Waals surface area contributed by atoms with Crippen LogP contribution in [0.2, 0.25) is 5.02 Å². The van der Waals surface area contributed by atoms with Crippen LogP contribution in [-0.4, -0.2) is 53.4 Å². The average Bonchev–Trinajstić information content (AvgIpc) is 3.47. The van der Waals surface area contributed by atoms with E-state index >= 15 is 0 Å². The molecule has 2 atom stereocenters. The number of hydrogen-bond donors (Lipinski definition) is 1. The maximum Gasteiger partial charge on any atom is 0.226 e. The summed E-state index contributed by atoms with van der Waals surface area (Å²) in [5.41, 5.74) is 0.254. The molecule has 2 amide bonds. The number of hydrogen-bond acceptors (Lipinski definition) is 6. The maximum atomic E-state index is 13.4. The van der Waals surface area contributed by atoms with Gasteiger partial charge in [-0.3, -0.25) is 9.59 Å². The molecule has 5 rings (SSSR count). The molecule has 0 unspecified atom stereocenters. The molecule has 0 radical (unpaired) electrons. The Morgan fingerprint density at radius 1 is 1.16 bits per heavy atom. The minimum absolute atomic E-state index is 0.0855. The quantitative estimate of drug-likeness (QED) is 0.736. The normalized spacial score (nSPS) is 24.8. The molecule has 2 saturated carbocycles. The third-order valence-corrected chi connectivity index (χ3v) is 8.26. The van der Waals surface area contributed by atoms with E-state index in [1.807, 2.05) is 23.1 Å². The van der Waals surface area contributed by atoms with Crippen molar-refractivity contribution in [2.24, 2.45) is 11.8 Å². The van der Waals surface area contributed by atoms with Crippen LogP contribution in [0, 0.1) is 23.2 Å². The Bertz CT molecular complexity index is 1080. The maximum absolute atomic E-state index is 13.4. The van der Waals surface area contributed by atoms with E-state index in [2.05, 4.69) is 16.3 Å².